The number of allylic oxidation sites excluding steroid dienone is 2. The van der Waals surface area contributed by atoms with Crippen LogP contribution in [0.15, 0.2) is 24.3 Å². The van der Waals surface area contributed by atoms with Crippen molar-refractivity contribution in [2.24, 2.45) is 17.8 Å². The molecule has 3 rings (SSSR count). The molecule has 0 bridgehead atoms. The Balaban J connectivity index is 1.29. The molecule has 0 heterocycles. The van der Waals surface area contributed by atoms with Gasteiger partial charge in [-0.25, -0.2) is 8.78 Å². The van der Waals surface area contributed by atoms with Crippen molar-refractivity contribution in [2.45, 2.75) is 96.5 Å². The van der Waals surface area contributed by atoms with E-state index in [2.05, 4.69) is 19.1 Å². The molecule has 0 unspecified atom stereocenters. The average molecular weight is 444 g/mol. The molecule has 0 N–H and O–H groups in total. The first-order chi connectivity index (χ1) is 15.6. The lowest BCUT2D eigenvalue weighted by atomic mass is 9.79. The first kappa shape index (κ1) is 24.9. The second kappa shape index (κ2) is 13.1. The number of hydrogen-bond donors (Lipinski definition) is 0. The van der Waals surface area contributed by atoms with E-state index in [1.165, 1.54) is 76.3 Å². The van der Waals surface area contributed by atoms with Gasteiger partial charge in [0.1, 0.15) is 23.3 Å². The number of rotatable bonds is 10. The van der Waals surface area contributed by atoms with Gasteiger partial charge in [0.15, 0.2) is 0 Å². The predicted molar refractivity (Wildman–Crippen MR) is 125 cm³/mol. The molecule has 2 saturated carbocycles. The van der Waals surface area contributed by atoms with E-state index in [1.54, 1.807) is 6.07 Å². The second-order valence-corrected chi connectivity index (χ2v) is 9.90. The van der Waals surface area contributed by atoms with Gasteiger partial charge in [0.2, 0.25) is 0 Å². The van der Waals surface area contributed by atoms with Crippen LogP contribution in [0.4, 0.5) is 8.78 Å². The number of nitriles is 1. The molecule has 1 aromatic rings. The van der Waals surface area contributed by atoms with Gasteiger partial charge in [0, 0.05) is 6.61 Å². The van der Waals surface area contributed by atoms with E-state index >= 15 is 0 Å². The molecule has 1 aromatic carbocycles. The Labute approximate surface area is 193 Å². The largest absolute Gasteiger partial charge is 0.378 e. The third-order valence-corrected chi connectivity index (χ3v) is 7.53. The van der Waals surface area contributed by atoms with E-state index in [-0.39, 0.29) is 0 Å². The highest BCUT2D eigenvalue weighted by Crippen LogP contribution is 2.34. The summed E-state index contributed by atoms with van der Waals surface area (Å²) >= 11 is 0. The molecule has 2 nitrogen and oxygen atoms in total. The summed E-state index contributed by atoms with van der Waals surface area (Å²) < 4.78 is 33.9. The topological polar surface area (TPSA) is 33.0 Å². The molecule has 176 valence electrons. The predicted octanol–water partition coefficient (Wildman–Crippen LogP) is 7.90. The highest BCUT2D eigenvalue weighted by Gasteiger charge is 2.25. The van der Waals surface area contributed by atoms with Crippen LogP contribution in [-0.2, 0) is 11.2 Å². The van der Waals surface area contributed by atoms with Gasteiger partial charge < -0.3 is 4.74 Å². The molecule has 0 spiro atoms. The van der Waals surface area contributed by atoms with Crippen molar-refractivity contribution in [3.8, 4) is 6.07 Å². The van der Waals surface area contributed by atoms with Crippen LogP contribution in [0.3, 0.4) is 0 Å². The van der Waals surface area contributed by atoms with Crippen LogP contribution in [0.1, 0.15) is 95.1 Å². The van der Waals surface area contributed by atoms with Crippen molar-refractivity contribution >= 4 is 0 Å². The van der Waals surface area contributed by atoms with Gasteiger partial charge in [0.05, 0.1) is 6.10 Å². The Morgan fingerprint density at radius 1 is 0.906 bits per heavy atom. The first-order valence-corrected chi connectivity index (χ1v) is 12.7. The van der Waals surface area contributed by atoms with Gasteiger partial charge in [-0.2, -0.15) is 5.26 Å². The van der Waals surface area contributed by atoms with E-state index in [0.717, 1.165) is 25.4 Å². The number of nitrogens with zero attached hydrogens (tertiary/aromatic N) is 1. The molecule has 0 amide bonds. The number of aryl methyl sites for hydroxylation is 1. The van der Waals surface area contributed by atoms with Crippen LogP contribution in [-0.4, -0.2) is 12.7 Å². The van der Waals surface area contributed by atoms with Crippen molar-refractivity contribution in [2.75, 3.05) is 6.61 Å². The lowest BCUT2D eigenvalue weighted by molar-refractivity contribution is -0.0101. The summed E-state index contributed by atoms with van der Waals surface area (Å²) in [6.07, 6.45) is 20.2. The second-order valence-electron chi connectivity index (χ2n) is 9.90. The molecular formula is C28H39F2NO. The van der Waals surface area contributed by atoms with E-state index in [0.29, 0.717) is 29.9 Å². The summed E-state index contributed by atoms with van der Waals surface area (Å²) in [6.45, 7) is 3.08. The molecule has 0 saturated heterocycles. The zero-order chi connectivity index (χ0) is 22.8. The molecule has 32 heavy (non-hydrogen) atoms. The minimum Gasteiger partial charge on any atom is -0.378 e. The van der Waals surface area contributed by atoms with Crippen molar-refractivity contribution in [3.63, 3.8) is 0 Å². The Hall–Kier alpha value is -1.73. The summed E-state index contributed by atoms with van der Waals surface area (Å²) in [6, 6.07) is 4.22. The summed E-state index contributed by atoms with van der Waals surface area (Å²) in [5, 5.41) is 8.79. The molecule has 2 fully saturated rings. The van der Waals surface area contributed by atoms with Gasteiger partial charge in [-0.1, -0.05) is 31.9 Å². The maximum Gasteiger partial charge on any atom is 0.144 e. The van der Waals surface area contributed by atoms with Crippen LogP contribution in [0.25, 0.3) is 0 Å². The maximum atomic E-state index is 13.8. The van der Waals surface area contributed by atoms with Gasteiger partial charge in [-0.3, -0.25) is 0 Å². The highest BCUT2D eigenvalue weighted by atomic mass is 19.1. The van der Waals surface area contributed by atoms with Gasteiger partial charge in [-0.05, 0) is 106 Å². The molecule has 2 aliphatic rings. The van der Waals surface area contributed by atoms with E-state index in [1.807, 2.05) is 0 Å². The summed E-state index contributed by atoms with van der Waals surface area (Å²) in [4.78, 5) is 0. The highest BCUT2D eigenvalue weighted by molar-refractivity contribution is 5.35. The third-order valence-electron chi connectivity index (χ3n) is 7.53. The number of halogens is 2. The standard InChI is InChI=1S/C28H39F2NO/c1-2-3-4-5-6-21-13-15-25(16-14-21)32-20-23-10-7-22(8-11-23)9-12-24-17-27(29)26(19-31)28(30)18-24/h3-4,17-18,21-23,25H,2,5-16,20H2,1H3/b4-3+. The van der Waals surface area contributed by atoms with E-state index in [4.69, 9.17) is 10.00 Å². The molecule has 4 heteroatoms. The lowest BCUT2D eigenvalue weighted by Gasteiger charge is -2.32. The lowest BCUT2D eigenvalue weighted by Crippen LogP contribution is -2.26. The zero-order valence-corrected chi connectivity index (χ0v) is 19.6. The van der Waals surface area contributed by atoms with Crippen LogP contribution in [0.2, 0.25) is 0 Å². The molecule has 0 aliphatic heterocycles. The van der Waals surface area contributed by atoms with E-state index < -0.39 is 17.2 Å². The molecule has 0 aromatic heterocycles. The molecule has 2 aliphatic carbocycles. The SMILES string of the molecule is CC/C=C/CCC1CCC(OCC2CCC(CCc3cc(F)c(C#N)c(F)c3)CC2)CC1. The van der Waals surface area contributed by atoms with Gasteiger partial charge >= 0.3 is 0 Å². The Kier molecular flexibility index (Phi) is 10.2. The van der Waals surface area contributed by atoms with Crippen molar-refractivity contribution in [1.82, 2.24) is 0 Å². The quantitative estimate of drug-likeness (QED) is 0.344. The fraction of sp³-hybridized carbons (Fsp3) is 0.679. The Bertz CT molecular complexity index is 745. The normalized spacial score (nSPS) is 26.3. The smallest absolute Gasteiger partial charge is 0.144 e. The summed E-state index contributed by atoms with van der Waals surface area (Å²) in [5.74, 6) is 0.666. The Morgan fingerprint density at radius 3 is 2.12 bits per heavy atom. The van der Waals surface area contributed by atoms with Crippen LogP contribution in [0, 0.1) is 40.7 Å². The fourth-order valence-electron chi connectivity index (χ4n) is 5.41. The number of ether oxygens (including phenoxy) is 1. The average Bonchev–Trinajstić information content (AvgIpc) is 2.80. The maximum absolute atomic E-state index is 13.8. The van der Waals surface area contributed by atoms with Gasteiger partial charge in [0.25, 0.3) is 0 Å². The molecule has 0 radical (unpaired) electrons. The van der Waals surface area contributed by atoms with Gasteiger partial charge in [-0.15, -0.1) is 0 Å². The van der Waals surface area contributed by atoms with Crippen molar-refractivity contribution < 1.29 is 13.5 Å². The minimum atomic E-state index is -0.745. The monoisotopic (exact) mass is 443 g/mol. The summed E-state index contributed by atoms with van der Waals surface area (Å²) in [7, 11) is 0. The van der Waals surface area contributed by atoms with Crippen LogP contribution < -0.4 is 0 Å². The Morgan fingerprint density at radius 2 is 1.50 bits per heavy atom. The summed E-state index contributed by atoms with van der Waals surface area (Å²) in [5.41, 5.74) is 0.174. The molecular weight excluding hydrogens is 404 g/mol. The van der Waals surface area contributed by atoms with Crippen molar-refractivity contribution in [3.05, 3.63) is 47.0 Å². The first-order valence-electron chi connectivity index (χ1n) is 12.7. The molecule has 0 atom stereocenters. The minimum absolute atomic E-state index is 0.455. The number of benzene rings is 1. The fourth-order valence-corrected chi connectivity index (χ4v) is 5.41. The third kappa shape index (κ3) is 7.69. The van der Waals surface area contributed by atoms with Crippen LogP contribution >= 0.6 is 0 Å². The van der Waals surface area contributed by atoms with Crippen molar-refractivity contribution in [1.29, 1.82) is 5.26 Å². The van der Waals surface area contributed by atoms with Crippen LogP contribution in [0.5, 0.6) is 0 Å². The zero-order valence-electron chi connectivity index (χ0n) is 19.6. The van der Waals surface area contributed by atoms with E-state index in [9.17, 15) is 8.78 Å². The number of hydrogen-bond acceptors (Lipinski definition) is 2.